The van der Waals surface area contributed by atoms with Crippen molar-refractivity contribution in [1.82, 2.24) is 4.57 Å². The maximum atomic E-state index is 14.8. The lowest BCUT2D eigenvalue weighted by atomic mass is 9.97. The number of aromatic nitrogens is 1. The van der Waals surface area contributed by atoms with Crippen LogP contribution in [0.4, 0.5) is 4.39 Å². The molecule has 0 unspecified atom stereocenters. The third-order valence-corrected chi connectivity index (χ3v) is 5.16. The Hall–Kier alpha value is -2.59. The normalized spacial score (nSPS) is 12.6. The summed E-state index contributed by atoms with van der Waals surface area (Å²) < 4.78 is 23.4. The Labute approximate surface area is 152 Å². The number of fused-ring (bicyclic) bond motifs is 5. The van der Waals surface area contributed by atoms with Crippen LogP contribution in [0, 0.1) is 5.95 Å². The first kappa shape index (κ1) is 14.7. The molecule has 1 aliphatic heterocycles. The van der Waals surface area contributed by atoms with Gasteiger partial charge in [0, 0.05) is 27.4 Å². The number of rotatable bonds is 1. The molecule has 0 aliphatic carbocycles. The van der Waals surface area contributed by atoms with E-state index in [1.807, 2.05) is 48.5 Å². The van der Waals surface area contributed by atoms with E-state index in [9.17, 15) is 4.39 Å². The molecule has 0 atom stereocenters. The van der Waals surface area contributed by atoms with E-state index >= 15 is 0 Å². The Morgan fingerprint density at radius 3 is 2.60 bits per heavy atom. The van der Waals surface area contributed by atoms with E-state index in [-0.39, 0.29) is 5.95 Å². The number of halogens is 2. The van der Waals surface area contributed by atoms with Crippen LogP contribution in [0.3, 0.4) is 0 Å². The van der Waals surface area contributed by atoms with Crippen molar-refractivity contribution in [2.75, 3.05) is 0 Å². The molecule has 5 rings (SSSR count). The summed E-state index contributed by atoms with van der Waals surface area (Å²) in [4.78, 5) is 0. The van der Waals surface area contributed by atoms with Gasteiger partial charge in [-0.15, -0.1) is 0 Å². The second-order valence-corrected chi connectivity index (χ2v) is 7.02. The predicted molar refractivity (Wildman–Crippen MR) is 101 cm³/mol. The fraction of sp³-hybridized carbons (Fsp3) is 0.0476. The molecule has 1 aliphatic rings. The third-order valence-electron chi connectivity index (χ3n) is 4.63. The lowest BCUT2D eigenvalue weighted by Crippen LogP contribution is -2.08. The van der Waals surface area contributed by atoms with Crippen LogP contribution in [0.5, 0.6) is 5.75 Å². The zero-order valence-electron chi connectivity index (χ0n) is 13.2. The molecule has 1 aromatic heterocycles. The van der Waals surface area contributed by atoms with Gasteiger partial charge in [-0.2, -0.15) is 4.39 Å². The smallest absolute Gasteiger partial charge is 0.199 e. The highest BCUT2D eigenvalue weighted by Gasteiger charge is 2.26. The molecule has 0 bridgehead atoms. The molecule has 122 valence electrons. The van der Waals surface area contributed by atoms with Crippen LogP contribution >= 0.6 is 15.9 Å². The van der Waals surface area contributed by atoms with Gasteiger partial charge in [0.15, 0.2) is 5.95 Å². The molecule has 4 aromatic rings. The van der Waals surface area contributed by atoms with Crippen molar-refractivity contribution in [1.29, 1.82) is 0 Å². The first-order chi connectivity index (χ1) is 12.2. The fourth-order valence-electron chi connectivity index (χ4n) is 3.52. The number of hydrogen-bond donors (Lipinski definition) is 0. The summed E-state index contributed by atoms with van der Waals surface area (Å²) in [6.45, 7) is 0.376. The molecular weight excluding hydrogens is 381 g/mol. The summed E-state index contributed by atoms with van der Waals surface area (Å²) in [6, 6.07) is 21.4. The van der Waals surface area contributed by atoms with Gasteiger partial charge >= 0.3 is 0 Å². The van der Waals surface area contributed by atoms with Gasteiger partial charge in [0.2, 0.25) is 0 Å². The van der Waals surface area contributed by atoms with Crippen LogP contribution in [0.2, 0.25) is 0 Å². The third kappa shape index (κ3) is 2.21. The SMILES string of the molecule is Fc1cc2c(n1-c1ccc(Br)cc1)-c1c(ccc3ccccc13)OC2. The quantitative estimate of drug-likeness (QED) is 0.381. The molecule has 0 spiro atoms. The van der Waals surface area contributed by atoms with Crippen molar-refractivity contribution in [3.05, 3.63) is 82.7 Å². The van der Waals surface area contributed by atoms with Gasteiger partial charge in [-0.1, -0.05) is 46.3 Å². The Morgan fingerprint density at radius 1 is 0.960 bits per heavy atom. The monoisotopic (exact) mass is 393 g/mol. The van der Waals surface area contributed by atoms with Gasteiger partial charge in [0.05, 0.1) is 5.69 Å². The van der Waals surface area contributed by atoms with E-state index in [2.05, 4.69) is 28.1 Å². The molecule has 0 fully saturated rings. The Bertz CT molecular complexity index is 1110. The predicted octanol–water partition coefficient (Wildman–Crippen LogP) is 6.09. The Morgan fingerprint density at radius 2 is 1.76 bits per heavy atom. The topological polar surface area (TPSA) is 14.2 Å². The maximum Gasteiger partial charge on any atom is 0.199 e. The fourth-order valence-corrected chi connectivity index (χ4v) is 3.79. The van der Waals surface area contributed by atoms with Gasteiger partial charge in [-0.25, -0.2) is 0 Å². The largest absolute Gasteiger partial charge is 0.488 e. The Balaban J connectivity index is 1.87. The Kier molecular flexibility index (Phi) is 3.22. The standard InChI is InChI=1S/C21H13BrFNO/c22-15-6-8-16(9-7-15)24-19(23)11-14-12-25-18-10-5-13-3-1-2-4-17(13)20(18)21(14)24/h1-11H,12H2. The average Bonchev–Trinajstić information content (AvgIpc) is 2.98. The van der Waals surface area contributed by atoms with Gasteiger partial charge in [-0.3, -0.25) is 4.57 Å². The zero-order valence-corrected chi connectivity index (χ0v) is 14.8. The second kappa shape index (κ2) is 5.46. The first-order valence-corrected chi connectivity index (χ1v) is 8.82. The average molecular weight is 394 g/mol. The van der Waals surface area contributed by atoms with Crippen molar-refractivity contribution < 1.29 is 9.13 Å². The van der Waals surface area contributed by atoms with E-state index in [0.717, 1.165) is 43.5 Å². The minimum atomic E-state index is -0.281. The number of hydrogen-bond acceptors (Lipinski definition) is 1. The highest BCUT2D eigenvalue weighted by molar-refractivity contribution is 9.10. The van der Waals surface area contributed by atoms with Crippen molar-refractivity contribution in [3.8, 4) is 22.7 Å². The van der Waals surface area contributed by atoms with Crippen molar-refractivity contribution in [2.24, 2.45) is 0 Å². The lowest BCUT2D eigenvalue weighted by Gasteiger charge is -2.22. The molecule has 2 heterocycles. The van der Waals surface area contributed by atoms with Gasteiger partial charge in [0.25, 0.3) is 0 Å². The van der Waals surface area contributed by atoms with Gasteiger partial charge < -0.3 is 4.74 Å². The minimum absolute atomic E-state index is 0.281. The van der Waals surface area contributed by atoms with Crippen LogP contribution in [-0.2, 0) is 6.61 Å². The van der Waals surface area contributed by atoms with Crippen LogP contribution in [-0.4, -0.2) is 4.57 Å². The molecule has 0 radical (unpaired) electrons. The summed E-state index contributed by atoms with van der Waals surface area (Å²) in [5.74, 6) is 0.513. The van der Waals surface area contributed by atoms with E-state index in [1.54, 1.807) is 10.6 Å². The number of benzene rings is 3. The molecule has 25 heavy (non-hydrogen) atoms. The maximum absolute atomic E-state index is 14.8. The highest BCUT2D eigenvalue weighted by Crippen LogP contribution is 2.44. The van der Waals surface area contributed by atoms with E-state index in [4.69, 9.17) is 4.74 Å². The summed E-state index contributed by atoms with van der Waals surface area (Å²) in [6.07, 6.45) is 0. The summed E-state index contributed by atoms with van der Waals surface area (Å²) in [5.41, 5.74) is 3.48. The zero-order chi connectivity index (χ0) is 17.0. The number of nitrogens with zero attached hydrogens (tertiary/aromatic N) is 1. The van der Waals surface area contributed by atoms with Gasteiger partial charge in [0.1, 0.15) is 12.4 Å². The molecule has 0 saturated carbocycles. The van der Waals surface area contributed by atoms with Crippen LogP contribution in [0.25, 0.3) is 27.7 Å². The van der Waals surface area contributed by atoms with Crippen molar-refractivity contribution in [3.63, 3.8) is 0 Å². The molecule has 0 amide bonds. The summed E-state index contributed by atoms with van der Waals surface area (Å²) in [7, 11) is 0. The molecule has 4 heteroatoms. The molecule has 0 N–H and O–H groups in total. The lowest BCUT2D eigenvalue weighted by molar-refractivity contribution is 0.302. The highest BCUT2D eigenvalue weighted by atomic mass is 79.9. The number of ether oxygens (including phenoxy) is 1. The molecular formula is C21H13BrFNO. The molecule has 0 saturated heterocycles. The summed E-state index contributed by atoms with van der Waals surface area (Å²) >= 11 is 3.44. The van der Waals surface area contributed by atoms with Crippen molar-refractivity contribution >= 4 is 26.7 Å². The molecule has 2 nitrogen and oxygen atoms in total. The van der Waals surface area contributed by atoms with Crippen LogP contribution in [0.15, 0.2) is 71.2 Å². The first-order valence-electron chi connectivity index (χ1n) is 8.03. The summed E-state index contributed by atoms with van der Waals surface area (Å²) in [5, 5.41) is 2.18. The second-order valence-electron chi connectivity index (χ2n) is 6.10. The molecule has 3 aromatic carbocycles. The van der Waals surface area contributed by atoms with Crippen molar-refractivity contribution in [2.45, 2.75) is 6.61 Å². The van der Waals surface area contributed by atoms with Gasteiger partial charge in [-0.05, 0) is 41.1 Å². The van der Waals surface area contributed by atoms with E-state index < -0.39 is 0 Å². The van der Waals surface area contributed by atoms with Crippen LogP contribution < -0.4 is 4.74 Å². The van der Waals surface area contributed by atoms with E-state index in [0.29, 0.717) is 6.61 Å². The van der Waals surface area contributed by atoms with Crippen LogP contribution in [0.1, 0.15) is 5.56 Å². The van der Waals surface area contributed by atoms with E-state index in [1.165, 1.54) is 0 Å². The minimum Gasteiger partial charge on any atom is -0.488 e.